The van der Waals surface area contributed by atoms with Gasteiger partial charge in [0.25, 0.3) is 5.91 Å². The van der Waals surface area contributed by atoms with E-state index in [0.29, 0.717) is 30.2 Å². The van der Waals surface area contributed by atoms with Crippen LogP contribution in [-0.4, -0.2) is 66.6 Å². The zero-order chi connectivity index (χ0) is 22.0. The maximum absolute atomic E-state index is 13.0. The van der Waals surface area contributed by atoms with Gasteiger partial charge in [0.2, 0.25) is 5.91 Å². The van der Waals surface area contributed by atoms with E-state index in [2.05, 4.69) is 20.6 Å². The van der Waals surface area contributed by atoms with Gasteiger partial charge in [0.1, 0.15) is 6.04 Å². The van der Waals surface area contributed by atoms with Crippen LogP contribution in [-0.2, 0) is 16.8 Å². The number of aromatic amines is 1. The van der Waals surface area contributed by atoms with Crippen molar-refractivity contribution in [1.82, 2.24) is 25.5 Å². The van der Waals surface area contributed by atoms with Crippen molar-refractivity contribution in [3.05, 3.63) is 41.5 Å². The Morgan fingerprint density at radius 3 is 2.65 bits per heavy atom. The number of nitrogens with one attached hydrogen (secondary N) is 3. The van der Waals surface area contributed by atoms with Gasteiger partial charge in [-0.15, -0.1) is 0 Å². The lowest BCUT2D eigenvalue weighted by molar-refractivity contribution is -0.134. The topological polar surface area (TPSA) is 109 Å². The molecule has 1 spiro atoms. The molecular formula is C22H29N5O4. The van der Waals surface area contributed by atoms with Gasteiger partial charge in [-0.3, -0.25) is 9.59 Å². The number of amides is 2. The molecule has 1 fully saturated rings. The van der Waals surface area contributed by atoms with E-state index in [0.717, 1.165) is 31.5 Å². The number of aromatic nitrogens is 2. The summed E-state index contributed by atoms with van der Waals surface area (Å²) in [6, 6.07) is 4.29. The monoisotopic (exact) mass is 427 g/mol. The van der Waals surface area contributed by atoms with Gasteiger partial charge in [0.05, 0.1) is 31.8 Å². The quantitative estimate of drug-likeness (QED) is 0.662. The Hall–Kier alpha value is -3.07. The molecule has 0 saturated carbocycles. The minimum absolute atomic E-state index is 0.0817. The molecule has 31 heavy (non-hydrogen) atoms. The summed E-state index contributed by atoms with van der Waals surface area (Å²) in [5, 5.41) is 6.43. The second kappa shape index (κ2) is 8.58. The molecule has 9 nitrogen and oxygen atoms in total. The minimum atomic E-state index is -0.630. The Kier molecular flexibility index (Phi) is 5.86. The third-order valence-electron chi connectivity index (χ3n) is 6.30. The highest BCUT2D eigenvalue weighted by molar-refractivity contribution is 5.98. The van der Waals surface area contributed by atoms with Crippen LogP contribution in [0.5, 0.6) is 11.5 Å². The highest BCUT2D eigenvalue weighted by Crippen LogP contribution is 2.36. The van der Waals surface area contributed by atoms with Crippen molar-refractivity contribution in [2.45, 2.75) is 37.8 Å². The van der Waals surface area contributed by atoms with E-state index >= 15 is 0 Å². The molecule has 2 aromatic rings. The molecule has 1 saturated heterocycles. The van der Waals surface area contributed by atoms with Crippen molar-refractivity contribution in [2.24, 2.45) is 0 Å². The second-order valence-corrected chi connectivity index (χ2v) is 8.08. The van der Waals surface area contributed by atoms with E-state index in [1.54, 1.807) is 31.5 Å². The number of nitrogens with zero attached hydrogens (tertiary/aromatic N) is 2. The lowest BCUT2D eigenvalue weighted by Gasteiger charge is -2.44. The number of hydrogen-bond acceptors (Lipinski definition) is 6. The summed E-state index contributed by atoms with van der Waals surface area (Å²) in [5.41, 5.74) is 2.51. The van der Waals surface area contributed by atoms with Gasteiger partial charge in [0, 0.05) is 37.3 Å². The van der Waals surface area contributed by atoms with Crippen molar-refractivity contribution >= 4 is 11.8 Å². The summed E-state index contributed by atoms with van der Waals surface area (Å²) in [7, 11) is 3.05. The number of likely N-dealkylation sites (tertiary alicyclic amines) is 1. The van der Waals surface area contributed by atoms with Crippen LogP contribution in [0.4, 0.5) is 0 Å². The van der Waals surface area contributed by atoms with Crippen LogP contribution in [0.3, 0.4) is 0 Å². The van der Waals surface area contributed by atoms with E-state index in [4.69, 9.17) is 9.47 Å². The Balaban J connectivity index is 1.37. The molecule has 4 rings (SSSR count). The van der Waals surface area contributed by atoms with Crippen LogP contribution in [0.15, 0.2) is 24.5 Å². The van der Waals surface area contributed by atoms with E-state index in [1.165, 1.54) is 19.9 Å². The summed E-state index contributed by atoms with van der Waals surface area (Å²) >= 11 is 0. The molecule has 0 bridgehead atoms. The largest absolute Gasteiger partial charge is 0.493 e. The average molecular weight is 428 g/mol. The number of rotatable bonds is 5. The number of ether oxygens (including phenoxy) is 2. The van der Waals surface area contributed by atoms with E-state index in [1.807, 2.05) is 4.90 Å². The molecule has 1 atom stereocenters. The number of fused-ring (bicyclic) bond motifs is 2. The third kappa shape index (κ3) is 3.97. The van der Waals surface area contributed by atoms with Crippen molar-refractivity contribution < 1.29 is 19.1 Å². The van der Waals surface area contributed by atoms with E-state index in [9.17, 15) is 9.59 Å². The first-order valence-electron chi connectivity index (χ1n) is 10.6. The Morgan fingerprint density at radius 2 is 1.94 bits per heavy atom. The summed E-state index contributed by atoms with van der Waals surface area (Å²) in [6.07, 6.45) is 4.29. The third-order valence-corrected chi connectivity index (χ3v) is 6.30. The van der Waals surface area contributed by atoms with Gasteiger partial charge in [-0.1, -0.05) is 0 Å². The van der Waals surface area contributed by atoms with Crippen molar-refractivity contribution in [3.63, 3.8) is 0 Å². The highest BCUT2D eigenvalue weighted by Gasteiger charge is 2.42. The van der Waals surface area contributed by atoms with Crippen LogP contribution in [0, 0.1) is 0 Å². The predicted octanol–water partition coefficient (Wildman–Crippen LogP) is 1.21. The maximum Gasteiger partial charge on any atom is 0.252 e. The predicted molar refractivity (Wildman–Crippen MR) is 114 cm³/mol. The fourth-order valence-corrected chi connectivity index (χ4v) is 4.55. The highest BCUT2D eigenvalue weighted by atomic mass is 16.5. The second-order valence-electron chi connectivity index (χ2n) is 8.08. The van der Waals surface area contributed by atoms with Crippen LogP contribution < -0.4 is 20.1 Å². The number of imidazole rings is 1. The fourth-order valence-electron chi connectivity index (χ4n) is 4.55. The Morgan fingerprint density at radius 1 is 1.19 bits per heavy atom. The number of carbonyl (C=O) groups excluding carboxylic acids is 2. The molecule has 0 aliphatic carbocycles. The molecule has 2 amide bonds. The molecule has 0 unspecified atom stereocenters. The molecule has 3 N–H and O–H groups in total. The van der Waals surface area contributed by atoms with Crippen LogP contribution in [0.1, 0.15) is 41.5 Å². The first-order chi connectivity index (χ1) is 15.0. The van der Waals surface area contributed by atoms with Crippen LogP contribution in [0.2, 0.25) is 0 Å². The number of H-pyrrole nitrogens is 1. The van der Waals surface area contributed by atoms with Crippen molar-refractivity contribution in [2.75, 3.05) is 33.9 Å². The summed E-state index contributed by atoms with van der Waals surface area (Å²) in [4.78, 5) is 35.2. The molecule has 1 aromatic heterocycles. The molecule has 9 heteroatoms. The van der Waals surface area contributed by atoms with Gasteiger partial charge >= 0.3 is 0 Å². The maximum atomic E-state index is 13.0. The average Bonchev–Trinajstić information content (AvgIpc) is 3.29. The fraction of sp³-hybridized carbons (Fsp3) is 0.500. The minimum Gasteiger partial charge on any atom is -0.493 e. The van der Waals surface area contributed by atoms with E-state index in [-0.39, 0.29) is 17.4 Å². The zero-order valence-corrected chi connectivity index (χ0v) is 18.2. The smallest absolute Gasteiger partial charge is 0.252 e. The van der Waals surface area contributed by atoms with Gasteiger partial charge in [-0.2, -0.15) is 0 Å². The molecule has 166 valence electrons. The molecular weight excluding hydrogens is 398 g/mol. The summed E-state index contributed by atoms with van der Waals surface area (Å²) in [5.74, 6) is 0.599. The lowest BCUT2D eigenvalue weighted by atomic mass is 9.80. The zero-order valence-electron chi connectivity index (χ0n) is 18.2. The first kappa shape index (κ1) is 21.2. The van der Waals surface area contributed by atoms with Gasteiger partial charge < -0.3 is 30.0 Å². The molecule has 1 aromatic carbocycles. The summed E-state index contributed by atoms with van der Waals surface area (Å²) in [6.45, 7) is 3.86. The van der Waals surface area contributed by atoms with Crippen LogP contribution in [0.25, 0.3) is 0 Å². The molecule has 0 radical (unpaired) electrons. The standard InChI is InChI=1S/C22H29N5O4/c1-14(26-20(28)15-4-5-17(30-2)18(12-15)31-3)21(29)27-10-7-22(8-11-27)19-16(6-9-25-22)23-13-24-19/h4-5,12-14,25H,6-11H2,1-3H3,(H,23,24)(H,26,28)/t14-/m0/s1. The number of methoxy groups -OCH3 is 2. The molecule has 2 aliphatic heterocycles. The van der Waals surface area contributed by atoms with Crippen molar-refractivity contribution in [3.8, 4) is 11.5 Å². The van der Waals surface area contributed by atoms with Gasteiger partial charge in [-0.25, -0.2) is 4.98 Å². The number of carbonyl (C=O) groups is 2. The Labute approximate surface area is 181 Å². The normalized spacial score (nSPS) is 18.2. The summed E-state index contributed by atoms with van der Waals surface area (Å²) < 4.78 is 10.5. The Bertz CT molecular complexity index is 965. The van der Waals surface area contributed by atoms with Crippen LogP contribution >= 0.6 is 0 Å². The SMILES string of the molecule is COc1ccc(C(=O)N[C@@H](C)C(=O)N2CCC3(CC2)NCCc2[nH]cnc23)cc1OC. The number of benzene rings is 1. The molecule has 3 heterocycles. The molecule has 2 aliphatic rings. The number of piperidine rings is 1. The van der Waals surface area contributed by atoms with E-state index < -0.39 is 6.04 Å². The van der Waals surface area contributed by atoms with Crippen molar-refractivity contribution in [1.29, 1.82) is 0 Å². The first-order valence-corrected chi connectivity index (χ1v) is 10.6. The lowest BCUT2D eigenvalue weighted by Crippen LogP contribution is -2.57. The van der Waals surface area contributed by atoms with Gasteiger partial charge in [-0.05, 0) is 38.0 Å². The van der Waals surface area contributed by atoms with Gasteiger partial charge in [0.15, 0.2) is 11.5 Å². The number of hydrogen-bond donors (Lipinski definition) is 3.